The Morgan fingerprint density at radius 3 is 1.00 bits per heavy atom. The molecule has 0 heterocycles. The molecule has 0 bridgehead atoms. The van der Waals surface area contributed by atoms with Crippen molar-refractivity contribution in [2.45, 2.75) is 0 Å². The van der Waals surface area contributed by atoms with Crippen molar-refractivity contribution in [3.63, 3.8) is 0 Å². The molecule has 4 heavy (non-hydrogen) atoms. The second-order valence-corrected chi connectivity index (χ2v) is 0. The zero-order chi connectivity index (χ0) is 0. The number of halogens is 1. The summed E-state index contributed by atoms with van der Waals surface area (Å²) in [6, 6.07) is 0. The van der Waals surface area contributed by atoms with Crippen molar-refractivity contribution in [3.8, 4) is 0 Å². The van der Waals surface area contributed by atoms with Crippen LogP contribution >= 0.6 is 0 Å². The van der Waals surface area contributed by atoms with E-state index >= 15 is 0 Å². The third kappa shape index (κ3) is 18.8. The van der Waals surface area contributed by atoms with Gasteiger partial charge in [-0.25, -0.2) is 0 Å². The normalized spacial score (nSPS) is 0. The van der Waals surface area contributed by atoms with Crippen LogP contribution in [0.5, 0.6) is 0 Å². The van der Waals surface area contributed by atoms with Gasteiger partial charge < -0.3 is 11.6 Å². The van der Waals surface area contributed by atoms with E-state index in [1.807, 2.05) is 0 Å². The summed E-state index contributed by atoms with van der Waals surface area (Å²) in [5.74, 6) is 0. The first-order chi connectivity index (χ1) is 0. The maximum absolute atomic E-state index is 0. The van der Waals surface area contributed by atoms with Crippen LogP contribution in [0.3, 0.4) is 0 Å². The molecule has 2 radical (unpaired) electrons. The van der Waals surface area contributed by atoms with Crippen LogP contribution in [0, 0.1) is 0 Å². The summed E-state index contributed by atoms with van der Waals surface area (Å²) in [7, 11) is 0. The summed E-state index contributed by atoms with van der Waals surface area (Å²) in [4.78, 5) is 0. The van der Waals surface area contributed by atoms with Gasteiger partial charge in [-0.1, -0.05) is 0 Å². The monoisotopic (exact) mass is 235 g/mol. The molecule has 0 aliphatic carbocycles. The summed E-state index contributed by atoms with van der Waals surface area (Å²) < 4.78 is 0. The van der Waals surface area contributed by atoms with Crippen LogP contribution in [-0.4, -0.2) is 5.48 Å². The van der Waals surface area contributed by atoms with Gasteiger partial charge in [-0.05, 0) is 0 Å². The van der Waals surface area contributed by atoms with Gasteiger partial charge in [0, 0.05) is 27.1 Å². The minimum absolute atomic E-state index is 0. The smallest absolute Gasteiger partial charge is 0 e. The van der Waals surface area contributed by atoms with Crippen molar-refractivity contribution >= 4 is 0 Å². The zero-order valence-electron chi connectivity index (χ0n) is 2.03. The molecule has 0 aromatic carbocycles. The van der Waals surface area contributed by atoms with E-state index in [4.69, 9.17) is 0 Å². The summed E-state index contributed by atoms with van der Waals surface area (Å²) >= 11 is 0. The zero-order valence-corrected chi connectivity index (χ0v) is 5.25. The fraction of sp³-hybridized carbons (Fsp3) is 0. The molecule has 0 aliphatic rings. The van der Waals surface area contributed by atoms with Crippen molar-refractivity contribution in [2.24, 2.45) is 0 Å². The Morgan fingerprint density at radius 1 is 1.00 bits per heavy atom. The Morgan fingerprint density at radius 2 is 1.00 bits per heavy atom. The Balaban J connectivity index is 0. The van der Waals surface area contributed by atoms with Crippen LogP contribution in [0.15, 0.2) is 0 Å². The molecule has 0 spiro atoms. The van der Waals surface area contributed by atoms with Gasteiger partial charge >= 0.3 is 0 Å². The molecule has 5 N–H and O–H groups in total. The predicted molar refractivity (Wildman–Crippen MR) is 9.74 cm³/mol. The molecule has 0 aromatic heterocycles. The van der Waals surface area contributed by atoms with Crippen molar-refractivity contribution in [3.05, 3.63) is 0 Å². The average molecular weight is 235 g/mol. The van der Waals surface area contributed by atoms with E-state index in [1.165, 1.54) is 0 Å². The SMILES string of the molecule is N.O.[F].[Ta]. The van der Waals surface area contributed by atoms with Crippen molar-refractivity contribution in [1.29, 1.82) is 0 Å². The summed E-state index contributed by atoms with van der Waals surface area (Å²) in [5.41, 5.74) is 0. The van der Waals surface area contributed by atoms with E-state index in [1.54, 1.807) is 0 Å². The first-order valence-electron chi connectivity index (χ1n) is 0. The number of hydrogen-bond donors (Lipinski definition) is 1. The Bertz CT molecular complexity index is 8.00. The van der Waals surface area contributed by atoms with E-state index in [9.17, 15) is 0 Å². The molecule has 0 atom stereocenters. The van der Waals surface area contributed by atoms with E-state index in [-0.39, 0.29) is 38.7 Å². The molecule has 2 nitrogen and oxygen atoms in total. The molecule has 0 saturated heterocycles. The fourth-order valence-corrected chi connectivity index (χ4v) is 0. The third-order valence-corrected chi connectivity index (χ3v) is 0. The van der Waals surface area contributed by atoms with E-state index in [2.05, 4.69) is 0 Å². The largest absolute Gasteiger partial charge is 0.412 e. The molecule has 4 heteroatoms. The van der Waals surface area contributed by atoms with Crippen molar-refractivity contribution in [2.75, 3.05) is 0 Å². The van der Waals surface area contributed by atoms with Gasteiger partial charge in [-0.2, -0.15) is 0 Å². The Kier molecular flexibility index (Phi) is 2940. The number of hydrogen-bond acceptors (Lipinski definition) is 1. The van der Waals surface area contributed by atoms with Crippen LogP contribution in [0.4, 0.5) is 4.70 Å². The third-order valence-electron chi connectivity index (χ3n) is 0. The molecular formula is H5FNOTa. The minimum Gasteiger partial charge on any atom is -0.412 e. The van der Waals surface area contributed by atoms with Crippen LogP contribution in [0.1, 0.15) is 0 Å². The second-order valence-electron chi connectivity index (χ2n) is 0. The van der Waals surface area contributed by atoms with E-state index in [0.29, 0.717) is 0 Å². The molecule has 0 aromatic rings. The quantitative estimate of drug-likeness (QED) is 0.618. The van der Waals surface area contributed by atoms with Crippen LogP contribution < -0.4 is 6.15 Å². The molecule has 0 aliphatic heterocycles. The Labute approximate surface area is 39.3 Å². The summed E-state index contributed by atoms with van der Waals surface area (Å²) in [6.45, 7) is 0. The summed E-state index contributed by atoms with van der Waals surface area (Å²) in [6.07, 6.45) is 0. The predicted octanol–water partition coefficient (Wildman–Crippen LogP) is -0.245. The number of rotatable bonds is 0. The first-order valence-corrected chi connectivity index (χ1v) is 0. The van der Waals surface area contributed by atoms with Gasteiger partial charge in [-0.15, -0.1) is 0 Å². The maximum Gasteiger partial charge on any atom is 0 e. The van der Waals surface area contributed by atoms with Crippen LogP contribution in [0.2, 0.25) is 0 Å². The standard InChI is InChI=1S/F.H3N.H2O.Ta/h;1H3;1H2;. The fourth-order valence-electron chi connectivity index (χ4n) is 0. The topological polar surface area (TPSA) is 66.5 Å². The minimum atomic E-state index is 0. The van der Waals surface area contributed by atoms with Crippen LogP contribution in [-0.2, 0) is 22.4 Å². The molecule has 0 saturated carbocycles. The van der Waals surface area contributed by atoms with Gasteiger partial charge in [0.1, 0.15) is 0 Å². The molecule has 28 valence electrons. The van der Waals surface area contributed by atoms with Gasteiger partial charge in [0.2, 0.25) is 0 Å². The molecule has 0 fully saturated rings. The van der Waals surface area contributed by atoms with Crippen molar-refractivity contribution in [1.82, 2.24) is 6.15 Å². The van der Waals surface area contributed by atoms with E-state index in [0.717, 1.165) is 0 Å². The molecular weight excluding hydrogens is 230 g/mol. The second kappa shape index (κ2) is 69.1. The Hall–Kier alpha value is 0.590. The maximum atomic E-state index is 0. The van der Waals surface area contributed by atoms with Gasteiger partial charge in [0.15, 0.2) is 0 Å². The van der Waals surface area contributed by atoms with Gasteiger partial charge in [-0.3, -0.25) is 0 Å². The summed E-state index contributed by atoms with van der Waals surface area (Å²) in [5, 5.41) is 0. The van der Waals surface area contributed by atoms with Crippen LogP contribution in [0.25, 0.3) is 0 Å². The molecule has 0 amide bonds. The van der Waals surface area contributed by atoms with E-state index < -0.39 is 0 Å². The molecule has 0 rings (SSSR count). The molecule has 0 unspecified atom stereocenters. The average Bonchev–Trinajstić information content (AvgIpc) is 0. The van der Waals surface area contributed by atoms with Gasteiger partial charge in [0.05, 0.1) is 0 Å². The first kappa shape index (κ1) is 170. The van der Waals surface area contributed by atoms with Gasteiger partial charge in [0.25, 0.3) is 0 Å². The van der Waals surface area contributed by atoms with Crippen molar-refractivity contribution < 1.29 is 32.6 Å².